The second-order valence-corrected chi connectivity index (χ2v) is 6.14. The molecule has 0 saturated carbocycles. The molecule has 1 amide bonds. The van der Waals surface area contributed by atoms with E-state index in [-0.39, 0.29) is 22.8 Å². The molecular weight excluding hydrogens is 415 g/mol. The highest BCUT2D eigenvalue weighted by Crippen LogP contribution is 2.35. The first-order valence-corrected chi connectivity index (χ1v) is 8.63. The lowest BCUT2D eigenvalue weighted by atomic mass is 10.1. The van der Waals surface area contributed by atoms with Crippen molar-refractivity contribution in [2.24, 2.45) is 0 Å². The fourth-order valence-corrected chi connectivity index (χ4v) is 2.74. The third kappa shape index (κ3) is 4.79. The molecule has 1 aromatic heterocycles. The van der Waals surface area contributed by atoms with Gasteiger partial charge in [0.15, 0.2) is 0 Å². The number of para-hydroxylation sites is 2. The number of benzene rings is 2. The number of carbonyl (C=O) groups excluding carboxylic acids is 1. The van der Waals surface area contributed by atoms with Gasteiger partial charge in [-0.1, -0.05) is 24.3 Å². The van der Waals surface area contributed by atoms with Crippen LogP contribution in [-0.4, -0.2) is 10.8 Å². The Morgan fingerprint density at radius 3 is 2.45 bits per heavy atom. The summed E-state index contributed by atoms with van der Waals surface area (Å²) in [4.78, 5) is 22.9. The average Bonchev–Trinajstić information content (AvgIpc) is 3.20. The maximum atomic E-state index is 13.1. The molecule has 0 saturated heterocycles. The van der Waals surface area contributed by atoms with E-state index < -0.39 is 33.8 Å². The summed E-state index contributed by atoms with van der Waals surface area (Å²) in [5.41, 5.74) is -2.08. The summed E-state index contributed by atoms with van der Waals surface area (Å²) in [7, 11) is 0. The van der Waals surface area contributed by atoms with E-state index in [4.69, 9.17) is 4.42 Å². The first-order valence-electron chi connectivity index (χ1n) is 8.63. The van der Waals surface area contributed by atoms with Crippen LogP contribution in [0.3, 0.4) is 0 Å². The first-order chi connectivity index (χ1) is 14.7. The average molecular weight is 427 g/mol. The van der Waals surface area contributed by atoms with E-state index in [9.17, 15) is 33.3 Å². The molecule has 1 heterocycles. The molecule has 2 aromatic carbocycles. The van der Waals surface area contributed by atoms with Crippen LogP contribution in [0, 0.1) is 21.4 Å². The number of nitrogens with zero attached hydrogens (tertiary/aromatic N) is 2. The van der Waals surface area contributed by atoms with Crippen LogP contribution < -0.4 is 5.32 Å². The van der Waals surface area contributed by atoms with Crippen molar-refractivity contribution in [2.75, 3.05) is 5.32 Å². The van der Waals surface area contributed by atoms with Crippen molar-refractivity contribution >= 4 is 23.4 Å². The zero-order chi connectivity index (χ0) is 22.6. The lowest BCUT2D eigenvalue weighted by Crippen LogP contribution is -2.17. The topological polar surface area (TPSA) is 109 Å². The summed E-state index contributed by atoms with van der Waals surface area (Å²) >= 11 is 0. The van der Waals surface area contributed by atoms with E-state index in [1.165, 1.54) is 42.5 Å². The summed E-state index contributed by atoms with van der Waals surface area (Å²) in [6, 6.07) is 14.6. The second-order valence-electron chi connectivity index (χ2n) is 6.14. The number of nitro benzene ring substituents is 1. The van der Waals surface area contributed by atoms with Gasteiger partial charge in [0.05, 0.1) is 21.7 Å². The Morgan fingerprint density at radius 1 is 1.10 bits per heavy atom. The number of nitrogens with one attached hydrogen (secondary N) is 1. The van der Waals surface area contributed by atoms with Crippen molar-refractivity contribution in [3.05, 3.63) is 87.7 Å². The first kappa shape index (κ1) is 21.3. The van der Waals surface area contributed by atoms with Gasteiger partial charge >= 0.3 is 6.18 Å². The largest absolute Gasteiger partial charge is 0.456 e. The van der Waals surface area contributed by atoms with Gasteiger partial charge in [-0.3, -0.25) is 14.9 Å². The van der Waals surface area contributed by atoms with Crippen LogP contribution in [0.5, 0.6) is 0 Å². The molecule has 3 aromatic rings. The van der Waals surface area contributed by atoms with E-state index >= 15 is 0 Å². The monoisotopic (exact) mass is 427 g/mol. The molecule has 0 radical (unpaired) electrons. The molecule has 1 N–H and O–H groups in total. The van der Waals surface area contributed by atoms with Gasteiger partial charge in [-0.25, -0.2) is 0 Å². The minimum atomic E-state index is -4.69. The van der Waals surface area contributed by atoms with E-state index in [1.54, 1.807) is 12.1 Å². The van der Waals surface area contributed by atoms with Gasteiger partial charge in [-0.15, -0.1) is 0 Å². The molecular formula is C21H12F3N3O4. The normalized spacial score (nSPS) is 11.6. The molecule has 0 aliphatic rings. The Morgan fingerprint density at radius 2 is 1.77 bits per heavy atom. The second kappa shape index (κ2) is 8.54. The highest BCUT2D eigenvalue weighted by atomic mass is 19.4. The minimum Gasteiger partial charge on any atom is -0.456 e. The zero-order valence-corrected chi connectivity index (χ0v) is 15.5. The van der Waals surface area contributed by atoms with Crippen LogP contribution in [0.15, 0.2) is 70.7 Å². The molecule has 31 heavy (non-hydrogen) atoms. The summed E-state index contributed by atoms with van der Waals surface area (Å²) in [5.74, 6) is -0.925. The number of nitriles is 1. The number of alkyl halides is 3. The SMILES string of the molecule is N#C/C(=C\c1ccc(-c2ccccc2[N+](=O)[O-])o1)C(=O)Nc1ccccc1C(F)(F)F. The van der Waals surface area contributed by atoms with Crippen molar-refractivity contribution in [3.63, 3.8) is 0 Å². The number of carbonyl (C=O) groups is 1. The van der Waals surface area contributed by atoms with Gasteiger partial charge in [0.1, 0.15) is 23.2 Å². The van der Waals surface area contributed by atoms with Crippen molar-refractivity contribution in [2.45, 2.75) is 6.18 Å². The van der Waals surface area contributed by atoms with E-state index in [1.807, 2.05) is 0 Å². The number of hydrogen-bond acceptors (Lipinski definition) is 5. The van der Waals surface area contributed by atoms with Crippen LogP contribution in [0.1, 0.15) is 11.3 Å². The van der Waals surface area contributed by atoms with Gasteiger partial charge in [0, 0.05) is 12.1 Å². The van der Waals surface area contributed by atoms with E-state index in [2.05, 4.69) is 5.32 Å². The van der Waals surface area contributed by atoms with Crippen molar-refractivity contribution in [1.82, 2.24) is 0 Å². The molecule has 0 bridgehead atoms. The molecule has 0 atom stereocenters. The quantitative estimate of drug-likeness (QED) is 0.253. The number of amides is 1. The number of furan rings is 1. The maximum absolute atomic E-state index is 13.1. The van der Waals surface area contributed by atoms with E-state index in [0.717, 1.165) is 18.2 Å². The highest BCUT2D eigenvalue weighted by Gasteiger charge is 2.33. The Labute approximate surface area is 173 Å². The van der Waals surface area contributed by atoms with Crippen LogP contribution >= 0.6 is 0 Å². The molecule has 0 fully saturated rings. The molecule has 7 nitrogen and oxygen atoms in total. The molecule has 0 aliphatic heterocycles. The molecule has 156 valence electrons. The molecule has 0 spiro atoms. The predicted octanol–water partition coefficient (Wildman–Crippen LogP) is 5.42. The Balaban J connectivity index is 1.88. The summed E-state index contributed by atoms with van der Waals surface area (Å²) in [6.07, 6.45) is -3.66. The number of hydrogen-bond donors (Lipinski definition) is 1. The number of rotatable bonds is 5. The van der Waals surface area contributed by atoms with Gasteiger partial charge in [-0.05, 0) is 30.3 Å². The number of halogens is 3. The molecule has 3 rings (SSSR count). The van der Waals surface area contributed by atoms with Crippen LogP contribution in [-0.2, 0) is 11.0 Å². The van der Waals surface area contributed by atoms with Crippen molar-refractivity contribution in [1.29, 1.82) is 5.26 Å². The fraction of sp³-hybridized carbons (Fsp3) is 0.0476. The van der Waals surface area contributed by atoms with Gasteiger partial charge in [0.2, 0.25) is 0 Å². The molecule has 10 heteroatoms. The summed E-state index contributed by atoms with van der Waals surface area (Å²) in [5, 5.41) is 22.5. The van der Waals surface area contributed by atoms with Crippen LogP contribution in [0.4, 0.5) is 24.5 Å². The fourth-order valence-electron chi connectivity index (χ4n) is 2.74. The zero-order valence-electron chi connectivity index (χ0n) is 15.5. The van der Waals surface area contributed by atoms with Gasteiger partial charge in [0.25, 0.3) is 11.6 Å². The lowest BCUT2D eigenvalue weighted by molar-refractivity contribution is -0.384. The highest BCUT2D eigenvalue weighted by molar-refractivity contribution is 6.09. The van der Waals surface area contributed by atoms with Crippen molar-refractivity contribution < 1.29 is 27.3 Å². The summed E-state index contributed by atoms with van der Waals surface area (Å²) < 4.78 is 44.7. The summed E-state index contributed by atoms with van der Waals surface area (Å²) in [6.45, 7) is 0. The third-order valence-corrected chi connectivity index (χ3v) is 4.13. The smallest absolute Gasteiger partial charge is 0.418 e. The standard InChI is InChI=1S/C21H12F3N3O4/c22-21(23,24)16-6-2-3-7-17(16)26-20(28)13(12-25)11-14-9-10-19(31-14)15-5-1-4-8-18(15)27(29)30/h1-11H,(H,26,28)/b13-11+. The lowest BCUT2D eigenvalue weighted by Gasteiger charge is -2.13. The Bertz CT molecular complexity index is 1220. The van der Waals surface area contributed by atoms with Crippen LogP contribution in [0.25, 0.3) is 17.4 Å². The van der Waals surface area contributed by atoms with Gasteiger partial charge < -0.3 is 9.73 Å². The third-order valence-electron chi connectivity index (χ3n) is 4.13. The number of anilines is 1. The van der Waals surface area contributed by atoms with E-state index in [0.29, 0.717) is 0 Å². The van der Waals surface area contributed by atoms with Gasteiger partial charge in [-0.2, -0.15) is 18.4 Å². The van der Waals surface area contributed by atoms with Crippen LogP contribution in [0.2, 0.25) is 0 Å². The predicted molar refractivity (Wildman–Crippen MR) is 104 cm³/mol. The Kier molecular flexibility index (Phi) is 5.88. The molecule has 0 unspecified atom stereocenters. The molecule has 0 aliphatic carbocycles. The minimum absolute atomic E-state index is 0.0176. The Hall–Kier alpha value is -4.39. The number of nitro groups is 1. The van der Waals surface area contributed by atoms with Crippen molar-refractivity contribution in [3.8, 4) is 17.4 Å². The maximum Gasteiger partial charge on any atom is 0.418 e.